The molecule has 0 N–H and O–H groups in total. The molecule has 0 fully saturated rings. The summed E-state index contributed by atoms with van der Waals surface area (Å²) in [4.78, 5) is 0. The molecular weight excluding hydrogens is 368 g/mol. The number of unbranched alkanes of at least 4 members (excludes halogenated alkanes) is 13. The third-order valence-corrected chi connectivity index (χ3v) is 11.3. The van der Waals surface area contributed by atoms with Gasteiger partial charge in [0.25, 0.3) is 0 Å². The van der Waals surface area contributed by atoms with E-state index in [4.69, 9.17) is 4.43 Å². The fraction of sp³-hybridized carbons (Fsp3) is 0.926. The van der Waals surface area contributed by atoms with Gasteiger partial charge in [0.2, 0.25) is 0 Å². The van der Waals surface area contributed by atoms with Crippen LogP contribution in [0.5, 0.6) is 0 Å². The number of allylic oxidation sites excluding steroid dienone is 2. The predicted molar refractivity (Wildman–Crippen MR) is 136 cm³/mol. The topological polar surface area (TPSA) is 9.23 Å². The summed E-state index contributed by atoms with van der Waals surface area (Å²) in [6.45, 7) is 17.3. The Morgan fingerprint density at radius 3 is 1.76 bits per heavy atom. The average Bonchev–Trinajstić information content (AvgIpc) is 2.64. The van der Waals surface area contributed by atoms with Crippen LogP contribution in [0.3, 0.4) is 0 Å². The summed E-state index contributed by atoms with van der Waals surface area (Å²) in [7, 11) is -1.53. The van der Waals surface area contributed by atoms with Gasteiger partial charge in [-0.2, -0.15) is 0 Å². The van der Waals surface area contributed by atoms with Gasteiger partial charge in [-0.05, 0) is 57.2 Å². The zero-order chi connectivity index (χ0) is 22.0. The predicted octanol–water partition coefficient (Wildman–Crippen LogP) is 10.2. The minimum Gasteiger partial charge on any atom is -0.417 e. The molecule has 0 spiro atoms. The van der Waals surface area contributed by atoms with Gasteiger partial charge < -0.3 is 4.43 Å². The van der Waals surface area contributed by atoms with Crippen molar-refractivity contribution in [2.45, 2.75) is 155 Å². The van der Waals surface area contributed by atoms with Crippen LogP contribution in [0.25, 0.3) is 0 Å². The molecule has 0 amide bonds. The van der Waals surface area contributed by atoms with Crippen molar-refractivity contribution in [2.75, 3.05) is 6.61 Å². The van der Waals surface area contributed by atoms with E-state index in [0.717, 1.165) is 6.61 Å². The highest BCUT2D eigenvalue weighted by Crippen LogP contribution is 2.36. The van der Waals surface area contributed by atoms with E-state index in [1.807, 2.05) is 0 Å². The second-order valence-corrected chi connectivity index (χ2v) is 15.6. The van der Waals surface area contributed by atoms with E-state index in [1.54, 1.807) is 5.57 Å². The van der Waals surface area contributed by atoms with E-state index in [9.17, 15) is 0 Å². The second kappa shape index (κ2) is 17.6. The minimum absolute atomic E-state index is 0.342. The lowest BCUT2D eigenvalue weighted by Gasteiger charge is -2.36. The van der Waals surface area contributed by atoms with Gasteiger partial charge >= 0.3 is 0 Å². The molecule has 0 aromatic rings. The van der Waals surface area contributed by atoms with Crippen molar-refractivity contribution in [2.24, 2.45) is 0 Å². The molecule has 2 heteroatoms. The van der Waals surface area contributed by atoms with Crippen molar-refractivity contribution in [1.82, 2.24) is 0 Å². The molecule has 0 aromatic carbocycles. The Hall–Kier alpha value is -0.0831. The quantitative estimate of drug-likeness (QED) is 0.114. The molecule has 0 rings (SSSR count). The normalized spacial score (nSPS) is 13.3. The molecule has 0 atom stereocenters. The molecule has 0 aliphatic carbocycles. The van der Waals surface area contributed by atoms with Crippen LogP contribution in [-0.2, 0) is 4.43 Å². The van der Waals surface area contributed by atoms with Gasteiger partial charge in [-0.15, -0.1) is 0 Å². The summed E-state index contributed by atoms with van der Waals surface area (Å²) >= 11 is 0. The van der Waals surface area contributed by atoms with E-state index in [-0.39, 0.29) is 0 Å². The molecule has 174 valence electrons. The first-order chi connectivity index (χ1) is 13.7. The summed E-state index contributed by atoms with van der Waals surface area (Å²) in [5.74, 6) is 0. The van der Waals surface area contributed by atoms with Gasteiger partial charge in [-0.25, -0.2) is 0 Å². The largest absolute Gasteiger partial charge is 0.417 e. The Morgan fingerprint density at radius 2 is 1.21 bits per heavy atom. The van der Waals surface area contributed by atoms with E-state index < -0.39 is 8.32 Å². The van der Waals surface area contributed by atoms with Crippen molar-refractivity contribution in [3.63, 3.8) is 0 Å². The van der Waals surface area contributed by atoms with Crippen LogP contribution in [0.2, 0.25) is 18.1 Å². The lowest BCUT2D eigenvalue weighted by atomic mass is 10.0. The smallest absolute Gasteiger partial charge is 0.191 e. The zero-order valence-electron chi connectivity index (χ0n) is 21.5. The summed E-state index contributed by atoms with van der Waals surface area (Å²) < 4.78 is 6.26. The maximum atomic E-state index is 6.26. The first-order valence-corrected chi connectivity index (χ1v) is 15.9. The minimum atomic E-state index is -1.53. The first-order valence-electron chi connectivity index (χ1n) is 13.0. The Morgan fingerprint density at radius 1 is 0.724 bits per heavy atom. The molecule has 1 nitrogen and oxygen atoms in total. The molecule has 0 aliphatic rings. The Labute approximate surface area is 186 Å². The molecule has 0 bridgehead atoms. The molecule has 29 heavy (non-hydrogen) atoms. The lowest BCUT2D eigenvalue weighted by Crippen LogP contribution is -2.40. The monoisotopic (exact) mass is 424 g/mol. The maximum Gasteiger partial charge on any atom is 0.191 e. The molecule has 0 unspecified atom stereocenters. The van der Waals surface area contributed by atoms with E-state index in [0.29, 0.717) is 5.04 Å². The maximum absolute atomic E-state index is 6.26. The van der Waals surface area contributed by atoms with Crippen LogP contribution >= 0.6 is 0 Å². The number of rotatable bonds is 19. The van der Waals surface area contributed by atoms with Crippen LogP contribution in [0.15, 0.2) is 11.6 Å². The number of hydrogen-bond acceptors (Lipinski definition) is 1. The van der Waals surface area contributed by atoms with Crippen molar-refractivity contribution in [3.8, 4) is 0 Å². The van der Waals surface area contributed by atoms with Crippen LogP contribution in [0, 0.1) is 0 Å². The van der Waals surface area contributed by atoms with Crippen molar-refractivity contribution < 1.29 is 4.43 Å². The molecular formula is C27H56OSi. The second-order valence-electron chi connectivity index (χ2n) is 10.8. The van der Waals surface area contributed by atoms with Crippen LogP contribution in [0.4, 0.5) is 0 Å². The molecule has 0 saturated carbocycles. The SMILES string of the molecule is CCCCCCCC/C(C)=C/CCCCCCCCCCO[Si](C)(C)C(C)(C)C. The first kappa shape index (κ1) is 28.9. The van der Waals surface area contributed by atoms with Crippen molar-refractivity contribution in [3.05, 3.63) is 11.6 Å². The van der Waals surface area contributed by atoms with E-state index in [2.05, 4.69) is 53.8 Å². The molecule has 0 radical (unpaired) electrons. The van der Waals surface area contributed by atoms with E-state index >= 15 is 0 Å². The Balaban J connectivity index is 3.40. The van der Waals surface area contributed by atoms with E-state index in [1.165, 1.54) is 103 Å². The van der Waals surface area contributed by atoms with Crippen LogP contribution in [0.1, 0.15) is 137 Å². The highest BCUT2D eigenvalue weighted by Gasteiger charge is 2.36. The zero-order valence-corrected chi connectivity index (χ0v) is 22.5. The van der Waals surface area contributed by atoms with Gasteiger partial charge in [-0.3, -0.25) is 0 Å². The van der Waals surface area contributed by atoms with Gasteiger partial charge in [-0.1, -0.05) is 110 Å². The Kier molecular flexibility index (Phi) is 17.5. The fourth-order valence-electron chi connectivity index (χ4n) is 3.49. The fourth-order valence-corrected chi connectivity index (χ4v) is 4.57. The standard InChI is InChI=1S/C27H56OSi/c1-8-9-10-11-17-20-23-26(2)24-21-18-15-13-12-14-16-19-22-25-28-29(6,7)27(3,4)5/h24H,8-23,25H2,1-7H3/b26-24+. The van der Waals surface area contributed by atoms with Gasteiger partial charge in [0, 0.05) is 6.61 Å². The summed E-state index contributed by atoms with van der Waals surface area (Å²) in [6.07, 6.45) is 24.6. The molecule has 0 heterocycles. The number of hydrogen-bond donors (Lipinski definition) is 0. The summed E-state index contributed by atoms with van der Waals surface area (Å²) in [6, 6.07) is 0. The van der Waals surface area contributed by atoms with Gasteiger partial charge in [0.05, 0.1) is 0 Å². The average molecular weight is 425 g/mol. The van der Waals surface area contributed by atoms with Crippen molar-refractivity contribution in [1.29, 1.82) is 0 Å². The van der Waals surface area contributed by atoms with Gasteiger partial charge in [0.15, 0.2) is 8.32 Å². The molecule has 0 saturated heterocycles. The third kappa shape index (κ3) is 17.3. The highest BCUT2D eigenvalue weighted by atomic mass is 28.4. The summed E-state index contributed by atoms with van der Waals surface area (Å²) in [5.41, 5.74) is 1.63. The van der Waals surface area contributed by atoms with Crippen molar-refractivity contribution >= 4 is 8.32 Å². The lowest BCUT2D eigenvalue weighted by molar-refractivity contribution is 0.277. The van der Waals surface area contributed by atoms with Gasteiger partial charge in [0.1, 0.15) is 0 Å². The third-order valence-electron chi connectivity index (χ3n) is 6.79. The highest BCUT2D eigenvalue weighted by molar-refractivity contribution is 6.74. The van der Waals surface area contributed by atoms with Crippen LogP contribution in [-0.4, -0.2) is 14.9 Å². The molecule has 0 aliphatic heterocycles. The van der Waals surface area contributed by atoms with Crippen LogP contribution < -0.4 is 0 Å². The summed E-state index contributed by atoms with van der Waals surface area (Å²) in [5, 5.41) is 0.342. The Bertz CT molecular complexity index is 392. The molecule has 0 aromatic heterocycles.